The Hall–Kier alpha value is -1.86. The van der Waals surface area contributed by atoms with Crippen LogP contribution in [-0.4, -0.2) is 19.6 Å². The maximum absolute atomic E-state index is 12.1. The van der Waals surface area contributed by atoms with Gasteiger partial charge in [-0.25, -0.2) is 8.42 Å². The van der Waals surface area contributed by atoms with E-state index in [9.17, 15) is 8.42 Å². The van der Waals surface area contributed by atoms with E-state index in [-0.39, 0.29) is 10.7 Å². The maximum Gasteiger partial charge on any atom is 0.263 e. The fraction of sp³-hybridized carbons (Fsp3) is 0.308. The molecule has 1 aromatic carbocycles. The van der Waals surface area contributed by atoms with Crippen molar-refractivity contribution in [3.63, 3.8) is 0 Å². The van der Waals surface area contributed by atoms with E-state index in [1.807, 2.05) is 12.1 Å². The zero-order valence-corrected chi connectivity index (χ0v) is 11.6. The van der Waals surface area contributed by atoms with E-state index in [4.69, 9.17) is 0 Å². The smallest absolute Gasteiger partial charge is 0.263 e. The van der Waals surface area contributed by atoms with E-state index in [1.54, 1.807) is 12.1 Å². The highest BCUT2D eigenvalue weighted by Crippen LogP contribution is 2.20. The third-order valence-electron chi connectivity index (χ3n) is 3.08. The molecule has 0 radical (unpaired) electrons. The Bertz CT molecular complexity index is 661. The van der Waals surface area contributed by atoms with Crippen molar-refractivity contribution in [3.05, 3.63) is 42.2 Å². The molecule has 2 aromatic rings. The average Bonchev–Trinajstić information content (AvgIpc) is 3.14. The predicted molar refractivity (Wildman–Crippen MR) is 73.6 cm³/mol. The standard InChI is InChI=1S/C13H15N3O3S/c17-20(18,16-13-7-8-19-15-13)12-5-1-10(2-6-12)9-14-11-3-4-11/h1-2,5-8,11,14H,3-4,9H2,(H,15,16). The highest BCUT2D eigenvalue weighted by atomic mass is 32.2. The molecular weight excluding hydrogens is 278 g/mol. The number of nitrogens with zero attached hydrogens (tertiary/aromatic N) is 1. The van der Waals surface area contributed by atoms with E-state index in [0.717, 1.165) is 12.1 Å². The van der Waals surface area contributed by atoms with Gasteiger partial charge in [-0.2, -0.15) is 0 Å². The predicted octanol–water partition coefficient (Wildman–Crippen LogP) is 1.73. The molecule has 0 aliphatic heterocycles. The molecule has 0 atom stereocenters. The van der Waals surface area contributed by atoms with Crippen molar-refractivity contribution >= 4 is 15.8 Å². The molecule has 2 N–H and O–H groups in total. The van der Waals surface area contributed by atoms with Gasteiger partial charge < -0.3 is 9.84 Å². The van der Waals surface area contributed by atoms with Crippen LogP contribution in [0.2, 0.25) is 0 Å². The molecule has 1 aliphatic carbocycles. The van der Waals surface area contributed by atoms with Crippen molar-refractivity contribution in [2.75, 3.05) is 4.72 Å². The summed E-state index contributed by atoms with van der Waals surface area (Å²) in [6.45, 7) is 0.766. The van der Waals surface area contributed by atoms with Crippen LogP contribution in [0.1, 0.15) is 18.4 Å². The number of anilines is 1. The summed E-state index contributed by atoms with van der Waals surface area (Å²) >= 11 is 0. The van der Waals surface area contributed by atoms with Crippen LogP contribution < -0.4 is 10.0 Å². The minimum atomic E-state index is -3.61. The van der Waals surface area contributed by atoms with Crippen molar-refractivity contribution in [3.8, 4) is 0 Å². The normalized spacial score (nSPS) is 15.2. The molecule has 1 aromatic heterocycles. The van der Waals surface area contributed by atoms with E-state index in [1.165, 1.54) is 25.2 Å². The van der Waals surface area contributed by atoms with Gasteiger partial charge >= 0.3 is 0 Å². The van der Waals surface area contributed by atoms with E-state index in [2.05, 4.69) is 19.7 Å². The molecule has 0 spiro atoms. The molecule has 0 unspecified atom stereocenters. The minimum absolute atomic E-state index is 0.171. The second-order valence-electron chi connectivity index (χ2n) is 4.79. The number of hydrogen-bond donors (Lipinski definition) is 2. The van der Waals surface area contributed by atoms with Crippen molar-refractivity contribution in [2.45, 2.75) is 30.3 Å². The van der Waals surface area contributed by atoms with Gasteiger partial charge in [0.15, 0.2) is 5.82 Å². The van der Waals surface area contributed by atoms with Gasteiger partial charge in [0.05, 0.1) is 4.90 Å². The third-order valence-corrected chi connectivity index (χ3v) is 4.45. The summed E-state index contributed by atoms with van der Waals surface area (Å²) in [6.07, 6.45) is 3.77. The average molecular weight is 293 g/mol. The Morgan fingerprint density at radius 1 is 1.20 bits per heavy atom. The van der Waals surface area contributed by atoms with Gasteiger partial charge in [0, 0.05) is 18.7 Å². The van der Waals surface area contributed by atoms with E-state index < -0.39 is 10.0 Å². The van der Waals surface area contributed by atoms with Crippen LogP contribution in [0.4, 0.5) is 5.82 Å². The Morgan fingerprint density at radius 2 is 1.95 bits per heavy atom. The van der Waals surface area contributed by atoms with Gasteiger partial charge in [-0.3, -0.25) is 4.72 Å². The molecule has 0 saturated heterocycles. The topological polar surface area (TPSA) is 84.2 Å². The van der Waals surface area contributed by atoms with Gasteiger partial charge in [0.2, 0.25) is 0 Å². The lowest BCUT2D eigenvalue weighted by Gasteiger charge is -2.07. The molecule has 0 bridgehead atoms. The maximum atomic E-state index is 12.1. The van der Waals surface area contributed by atoms with Gasteiger partial charge in [0.25, 0.3) is 10.0 Å². The van der Waals surface area contributed by atoms with Crippen LogP contribution in [0.3, 0.4) is 0 Å². The molecule has 1 heterocycles. The number of sulfonamides is 1. The van der Waals surface area contributed by atoms with Gasteiger partial charge in [0.1, 0.15) is 6.26 Å². The van der Waals surface area contributed by atoms with Gasteiger partial charge in [-0.05, 0) is 30.5 Å². The molecule has 6 nitrogen and oxygen atoms in total. The molecule has 3 rings (SSSR count). The molecule has 0 amide bonds. The van der Waals surface area contributed by atoms with Crippen LogP contribution in [0, 0.1) is 0 Å². The Labute approximate surface area is 117 Å². The summed E-state index contributed by atoms with van der Waals surface area (Å²) < 4.78 is 31.1. The lowest BCUT2D eigenvalue weighted by Crippen LogP contribution is -2.16. The molecule has 7 heteroatoms. The summed E-state index contributed by atoms with van der Waals surface area (Å²) in [5, 5.41) is 6.90. The van der Waals surface area contributed by atoms with Crippen LogP contribution in [0.15, 0.2) is 46.0 Å². The van der Waals surface area contributed by atoms with Crippen molar-refractivity contribution in [1.29, 1.82) is 0 Å². The number of nitrogens with one attached hydrogen (secondary N) is 2. The SMILES string of the molecule is O=S(=O)(Nc1ccon1)c1ccc(CNC2CC2)cc1. The van der Waals surface area contributed by atoms with Crippen LogP contribution >= 0.6 is 0 Å². The Morgan fingerprint density at radius 3 is 2.55 bits per heavy atom. The largest absolute Gasteiger partial charge is 0.363 e. The first-order valence-corrected chi connectivity index (χ1v) is 7.87. The monoisotopic (exact) mass is 293 g/mol. The minimum Gasteiger partial charge on any atom is -0.363 e. The summed E-state index contributed by atoms with van der Waals surface area (Å²) in [4.78, 5) is 0.204. The van der Waals surface area contributed by atoms with Crippen molar-refractivity contribution in [2.24, 2.45) is 0 Å². The first-order chi connectivity index (χ1) is 9.63. The highest BCUT2D eigenvalue weighted by molar-refractivity contribution is 7.92. The molecule has 20 heavy (non-hydrogen) atoms. The third kappa shape index (κ3) is 3.17. The first-order valence-electron chi connectivity index (χ1n) is 6.39. The van der Waals surface area contributed by atoms with E-state index >= 15 is 0 Å². The zero-order chi connectivity index (χ0) is 14.0. The number of hydrogen-bond acceptors (Lipinski definition) is 5. The molecule has 1 fully saturated rings. The summed E-state index contributed by atoms with van der Waals surface area (Å²) in [6, 6.07) is 8.89. The Kier molecular flexibility index (Phi) is 3.45. The second-order valence-corrected chi connectivity index (χ2v) is 6.47. The molecule has 106 valence electrons. The molecule has 1 aliphatic rings. The number of benzene rings is 1. The van der Waals surface area contributed by atoms with Crippen molar-refractivity contribution < 1.29 is 12.9 Å². The van der Waals surface area contributed by atoms with Crippen molar-refractivity contribution in [1.82, 2.24) is 10.5 Å². The van der Waals surface area contributed by atoms with E-state index in [0.29, 0.717) is 6.04 Å². The van der Waals surface area contributed by atoms with Gasteiger partial charge in [-0.1, -0.05) is 17.3 Å². The molecule has 1 saturated carbocycles. The Balaban J connectivity index is 1.69. The fourth-order valence-corrected chi connectivity index (χ4v) is 2.79. The van der Waals surface area contributed by atoms with Gasteiger partial charge in [-0.15, -0.1) is 0 Å². The quantitative estimate of drug-likeness (QED) is 0.847. The lowest BCUT2D eigenvalue weighted by molar-refractivity contribution is 0.423. The molecular formula is C13H15N3O3S. The zero-order valence-electron chi connectivity index (χ0n) is 10.7. The first kappa shape index (κ1) is 13.1. The number of aromatic nitrogens is 1. The van der Waals surface area contributed by atoms with Crippen LogP contribution in [-0.2, 0) is 16.6 Å². The number of rotatable bonds is 6. The lowest BCUT2D eigenvalue weighted by atomic mass is 10.2. The highest BCUT2D eigenvalue weighted by Gasteiger charge is 2.20. The fourth-order valence-electron chi connectivity index (χ4n) is 1.80. The summed E-state index contributed by atoms with van der Waals surface area (Å²) in [5.74, 6) is 0.171. The summed E-state index contributed by atoms with van der Waals surface area (Å²) in [7, 11) is -3.61. The second kappa shape index (κ2) is 5.26. The summed E-state index contributed by atoms with van der Waals surface area (Å²) in [5.41, 5.74) is 1.07. The van der Waals surface area contributed by atoms with Crippen LogP contribution in [0.25, 0.3) is 0 Å². The van der Waals surface area contributed by atoms with Crippen LogP contribution in [0.5, 0.6) is 0 Å².